The van der Waals surface area contributed by atoms with E-state index in [0.29, 0.717) is 17.4 Å². The molecule has 7 heteroatoms. The first-order valence-electron chi connectivity index (χ1n) is 10.5. The molecule has 2 heterocycles. The number of para-hydroxylation sites is 1. The Labute approximate surface area is 188 Å². The van der Waals surface area contributed by atoms with E-state index in [2.05, 4.69) is 10.3 Å². The van der Waals surface area contributed by atoms with Crippen LogP contribution in [0.1, 0.15) is 22.4 Å². The second-order valence-electron chi connectivity index (χ2n) is 8.07. The maximum absolute atomic E-state index is 15.3. The van der Waals surface area contributed by atoms with E-state index < -0.39 is 11.6 Å². The topological polar surface area (TPSA) is 35.6 Å². The lowest BCUT2D eigenvalue weighted by molar-refractivity contribution is -0.167. The molecule has 33 heavy (non-hydrogen) atoms. The van der Waals surface area contributed by atoms with Gasteiger partial charge in [-0.2, -0.15) is 13.2 Å². The number of benzene rings is 3. The van der Waals surface area contributed by atoms with Crippen LogP contribution in [-0.4, -0.2) is 25.7 Å². The third kappa shape index (κ3) is 3.40. The Bertz CT molecular complexity index is 1390. The Morgan fingerprint density at radius 2 is 1.42 bits per heavy atom. The predicted molar refractivity (Wildman–Crippen MR) is 121 cm³/mol. The van der Waals surface area contributed by atoms with Gasteiger partial charge in [-0.15, -0.1) is 5.10 Å². The number of alkyl halides is 3. The molecule has 0 N–H and O–H groups in total. The van der Waals surface area contributed by atoms with E-state index in [1.165, 1.54) is 23.0 Å². The number of hydrogen-bond donors (Lipinski definition) is 0. The summed E-state index contributed by atoms with van der Waals surface area (Å²) in [6.45, 7) is 0.326. The van der Waals surface area contributed by atoms with Crippen LogP contribution >= 0.6 is 0 Å². The molecule has 0 fully saturated rings. The molecule has 0 bridgehead atoms. The van der Waals surface area contributed by atoms with Crippen LogP contribution in [0.15, 0.2) is 97.3 Å². The largest absolute Gasteiger partial charge is 0.408 e. The normalized spacial score (nSPS) is 13.8. The van der Waals surface area contributed by atoms with Crippen LogP contribution in [0.25, 0.3) is 10.9 Å². The Morgan fingerprint density at radius 3 is 2.12 bits per heavy atom. The molecule has 5 rings (SSSR count). The van der Waals surface area contributed by atoms with Crippen LogP contribution in [0.2, 0.25) is 0 Å². The highest BCUT2D eigenvalue weighted by atomic mass is 19.4. The molecule has 1 atom stereocenters. The van der Waals surface area contributed by atoms with Gasteiger partial charge in [0, 0.05) is 29.7 Å². The lowest BCUT2D eigenvalue weighted by Crippen LogP contribution is -2.45. The van der Waals surface area contributed by atoms with Crippen LogP contribution in [0.4, 0.5) is 13.2 Å². The van der Waals surface area contributed by atoms with Crippen molar-refractivity contribution < 1.29 is 13.2 Å². The number of nitrogens with zero attached hydrogens (tertiary/aromatic N) is 4. The standard InChI is InChI=1S/C26H21F3N4/c1-32-17-22(21-14-8-9-15-23(21)32)25(26(27,28)29,20-12-6-3-7-13-20)24-18-33(31-30-24)16-19-10-4-2-5-11-19/h2-15,17-18H,16H2,1H3/t25-/m0/s1. The minimum absolute atomic E-state index is 0.0978. The second kappa shape index (κ2) is 7.92. The minimum Gasteiger partial charge on any atom is -0.350 e. The lowest BCUT2D eigenvalue weighted by atomic mass is 9.71. The van der Waals surface area contributed by atoms with Gasteiger partial charge in [0.25, 0.3) is 0 Å². The van der Waals surface area contributed by atoms with Gasteiger partial charge in [0.2, 0.25) is 0 Å². The van der Waals surface area contributed by atoms with Gasteiger partial charge >= 0.3 is 6.18 Å². The van der Waals surface area contributed by atoms with Crippen molar-refractivity contribution in [2.45, 2.75) is 18.1 Å². The summed E-state index contributed by atoms with van der Waals surface area (Å²) in [5.74, 6) is 0. The van der Waals surface area contributed by atoms with Crippen molar-refractivity contribution in [2.75, 3.05) is 0 Å². The molecule has 0 amide bonds. The van der Waals surface area contributed by atoms with Crippen molar-refractivity contribution in [3.05, 3.63) is 120 Å². The third-order valence-corrected chi connectivity index (χ3v) is 6.04. The fraction of sp³-hybridized carbons (Fsp3) is 0.154. The molecule has 0 aliphatic heterocycles. The molecule has 3 aromatic carbocycles. The SMILES string of the molecule is Cn1cc([C@@](c2ccccc2)(c2cn(Cc3ccccc3)nn2)C(F)(F)F)c2ccccc21. The number of rotatable bonds is 5. The zero-order chi connectivity index (χ0) is 23.1. The Hall–Kier alpha value is -3.87. The average molecular weight is 446 g/mol. The first kappa shape index (κ1) is 21.0. The number of halogens is 3. The summed E-state index contributed by atoms with van der Waals surface area (Å²) >= 11 is 0. The minimum atomic E-state index is -4.67. The Kier molecular flexibility index (Phi) is 5.04. The van der Waals surface area contributed by atoms with E-state index in [4.69, 9.17) is 0 Å². The number of hydrogen-bond acceptors (Lipinski definition) is 2. The fourth-order valence-corrected chi connectivity index (χ4v) is 4.55. The smallest absolute Gasteiger partial charge is 0.350 e. The van der Waals surface area contributed by atoms with Crippen LogP contribution in [-0.2, 0) is 19.0 Å². The molecule has 166 valence electrons. The van der Waals surface area contributed by atoms with E-state index in [0.717, 1.165) is 5.56 Å². The maximum atomic E-state index is 15.3. The molecule has 0 unspecified atom stereocenters. The van der Waals surface area contributed by atoms with Gasteiger partial charge in [-0.3, -0.25) is 0 Å². The quantitative estimate of drug-likeness (QED) is 0.346. The van der Waals surface area contributed by atoms with Crippen LogP contribution in [0.5, 0.6) is 0 Å². The van der Waals surface area contributed by atoms with Crippen molar-refractivity contribution in [1.82, 2.24) is 19.6 Å². The predicted octanol–water partition coefficient (Wildman–Crippen LogP) is 5.71. The summed E-state index contributed by atoms with van der Waals surface area (Å²) in [5.41, 5.74) is -0.769. The number of fused-ring (bicyclic) bond motifs is 1. The van der Waals surface area contributed by atoms with Crippen molar-refractivity contribution in [3.63, 3.8) is 0 Å². The zero-order valence-electron chi connectivity index (χ0n) is 17.9. The highest BCUT2D eigenvalue weighted by Crippen LogP contribution is 2.52. The Morgan fingerprint density at radius 1 is 0.788 bits per heavy atom. The summed E-state index contributed by atoms with van der Waals surface area (Å²) < 4.78 is 49.1. The number of aryl methyl sites for hydroxylation is 1. The molecular formula is C26H21F3N4. The van der Waals surface area contributed by atoms with Gasteiger partial charge in [-0.1, -0.05) is 84.1 Å². The fourth-order valence-electron chi connectivity index (χ4n) is 4.55. The van der Waals surface area contributed by atoms with E-state index >= 15 is 13.2 Å². The lowest BCUT2D eigenvalue weighted by Gasteiger charge is -2.34. The van der Waals surface area contributed by atoms with Gasteiger partial charge in [-0.25, -0.2) is 4.68 Å². The van der Waals surface area contributed by atoms with Crippen molar-refractivity contribution >= 4 is 10.9 Å². The van der Waals surface area contributed by atoms with E-state index in [1.807, 2.05) is 42.5 Å². The molecule has 2 aromatic heterocycles. The van der Waals surface area contributed by atoms with Crippen molar-refractivity contribution in [3.8, 4) is 0 Å². The molecule has 0 saturated carbocycles. The summed E-state index contributed by atoms with van der Waals surface area (Å²) in [6, 6.07) is 24.5. The molecule has 5 aromatic rings. The van der Waals surface area contributed by atoms with Crippen LogP contribution in [0, 0.1) is 0 Å². The first-order chi connectivity index (χ1) is 15.9. The Balaban J connectivity index is 1.78. The van der Waals surface area contributed by atoms with Gasteiger partial charge in [-0.05, 0) is 17.2 Å². The van der Waals surface area contributed by atoms with Crippen molar-refractivity contribution in [2.24, 2.45) is 7.05 Å². The summed E-state index contributed by atoms with van der Waals surface area (Å²) in [5, 5.41) is 8.72. The van der Waals surface area contributed by atoms with Crippen molar-refractivity contribution in [1.29, 1.82) is 0 Å². The summed E-state index contributed by atoms with van der Waals surface area (Å²) in [6.07, 6.45) is -1.71. The maximum Gasteiger partial charge on any atom is 0.408 e. The van der Waals surface area contributed by atoms with Gasteiger partial charge in [0.1, 0.15) is 5.69 Å². The molecule has 0 aliphatic carbocycles. The summed E-state index contributed by atoms with van der Waals surface area (Å²) in [4.78, 5) is 0. The second-order valence-corrected chi connectivity index (χ2v) is 8.07. The molecule has 0 aliphatic rings. The van der Waals surface area contributed by atoms with E-state index in [-0.39, 0.29) is 16.8 Å². The molecule has 0 radical (unpaired) electrons. The number of aromatic nitrogens is 4. The van der Waals surface area contributed by atoms with Gasteiger partial charge in [0.05, 0.1) is 12.7 Å². The molecule has 4 nitrogen and oxygen atoms in total. The average Bonchev–Trinajstić information content (AvgIpc) is 3.40. The third-order valence-electron chi connectivity index (χ3n) is 6.04. The molecular weight excluding hydrogens is 425 g/mol. The highest BCUT2D eigenvalue weighted by Gasteiger charge is 2.61. The van der Waals surface area contributed by atoms with Gasteiger partial charge < -0.3 is 4.57 Å². The summed E-state index contributed by atoms with van der Waals surface area (Å²) in [7, 11) is 1.75. The van der Waals surface area contributed by atoms with Gasteiger partial charge in [0.15, 0.2) is 5.41 Å². The monoisotopic (exact) mass is 446 g/mol. The highest BCUT2D eigenvalue weighted by molar-refractivity contribution is 5.86. The first-order valence-corrected chi connectivity index (χ1v) is 10.5. The van der Waals surface area contributed by atoms with E-state index in [9.17, 15) is 0 Å². The molecule has 0 saturated heterocycles. The molecule has 0 spiro atoms. The van der Waals surface area contributed by atoms with Crippen LogP contribution in [0.3, 0.4) is 0 Å². The van der Waals surface area contributed by atoms with E-state index in [1.54, 1.807) is 48.1 Å². The zero-order valence-corrected chi connectivity index (χ0v) is 17.9. The van der Waals surface area contributed by atoms with Crippen LogP contribution < -0.4 is 0 Å².